The largest absolute Gasteiger partial charge is 0.501 e. The van der Waals surface area contributed by atoms with E-state index in [1.807, 2.05) is 70.1 Å². The van der Waals surface area contributed by atoms with E-state index in [0.717, 1.165) is 28.2 Å². The number of aliphatic hydroxyl groups is 1. The van der Waals surface area contributed by atoms with Crippen LogP contribution in [0, 0.1) is 5.92 Å². The number of hydrogen-bond donors (Lipinski definition) is 5. The number of amides is 2. The molecule has 2 amide bonds. The van der Waals surface area contributed by atoms with Crippen LogP contribution < -0.4 is 20.3 Å². The molecule has 6 rings (SSSR count). The number of carbonyl (C=O) groups excluding carboxylic acids is 1. The van der Waals surface area contributed by atoms with Gasteiger partial charge >= 0.3 is 11.6 Å². The highest BCUT2D eigenvalue weighted by Crippen LogP contribution is 2.40. The second-order valence-electron chi connectivity index (χ2n) is 20.1. The van der Waals surface area contributed by atoms with Crippen LogP contribution in [0.5, 0.6) is 0 Å². The Morgan fingerprint density at radius 3 is 2.16 bits per heavy atom. The van der Waals surface area contributed by atoms with Crippen molar-refractivity contribution in [2.24, 2.45) is 5.92 Å². The first kappa shape index (κ1) is 59.1. The van der Waals surface area contributed by atoms with Crippen LogP contribution in [0.4, 0.5) is 29.3 Å². The molecule has 1 fully saturated rings. The minimum absolute atomic E-state index is 0.0156. The van der Waals surface area contributed by atoms with Crippen LogP contribution >= 0.6 is 23.4 Å². The third kappa shape index (κ3) is 15.7. The molecule has 0 spiro atoms. The Bertz CT molecular complexity index is 2980. The molecule has 0 radical (unpaired) electrons. The Morgan fingerprint density at radius 2 is 1.55 bits per heavy atom. The number of carbonyl (C=O) groups is 2. The first-order valence-electron chi connectivity index (χ1n) is 24.3. The normalized spacial score (nSPS) is 14.9. The van der Waals surface area contributed by atoms with E-state index in [1.54, 1.807) is 36.4 Å². The Kier molecular flexibility index (Phi) is 19.6. The molecule has 1 heterocycles. The van der Waals surface area contributed by atoms with Crippen molar-refractivity contribution < 1.29 is 54.2 Å². The third-order valence-corrected chi connectivity index (χ3v) is 22.6. The Morgan fingerprint density at radius 1 is 0.893 bits per heavy atom. The summed E-state index contributed by atoms with van der Waals surface area (Å²) in [5.41, 5.74) is -2.68. The molecule has 14 nitrogen and oxygen atoms in total. The predicted octanol–water partition coefficient (Wildman–Crippen LogP) is 11.1. The zero-order valence-electron chi connectivity index (χ0n) is 42.7. The predicted molar refractivity (Wildman–Crippen MR) is 292 cm³/mol. The number of sulfonamides is 1. The van der Waals surface area contributed by atoms with Crippen LogP contribution in [0.3, 0.4) is 0 Å². The van der Waals surface area contributed by atoms with E-state index in [9.17, 15) is 44.7 Å². The molecule has 0 aromatic heterocycles. The number of likely N-dealkylation sites (N-methyl/N-ethyl adjacent to an activating group) is 1. The van der Waals surface area contributed by atoms with E-state index in [-0.39, 0.29) is 23.1 Å². The third-order valence-electron chi connectivity index (χ3n) is 13.8. The van der Waals surface area contributed by atoms with Gasteiger partial charge in [-0.15, -0.1) is 11.8 Å². The van der Waals surface area contributed by atoms with Gasteiger partial charge in [0.2, 0.25) is 0 Å². The second kappa shape index (κ2) is 24.9. The number of thioether (sulfide) groups is 1. The lowest BCUT2D eigenvalue weighted by atomic mass is 9.83. The average molecular weight is 1130 g/mol. The van der Waals surface area contributed by atoms with Crippen LogP contribution in [0.2, 0.25) is 23.2 Å². The van der Waals surface area contributed by atoms with Crippen molar-refractivity contribution >= 4 is 74.9 Å². The van der Waals surface area contributed by atoms with Gasteiger partial charge in [-0.25, -0.2) is 26.4 Å². The van der Waals surface area contributed by atoms with Crippen molar-refractivity contribution in [1.82, 2.24) is 14.9 Å². The van der Waals surface area contributed by atoms with E-state index in [1.165, 1.54) is 23.9 Å². The maximum atomic E-state index is 14.3. The highest BCUT2D eigenvalue weighted by molar-refractivity contribution is 7.99. The number of benzene rings is 5. The average Bonchev–Trinajstić information content (AvgIpc) is 3.36. The molecule has 0 aliphatic carbocycles. The van der Waals surface area contributed by atoms with Gasteiger partial charge in [0.1, 0.15) is 4.90 Å². The van der Waals surface area contributed by atoms with Crippen LogP contribution in [-0.4, -0.2) is 109 Å². The molecular formula is C53H65ClF3N5O9S3Si. The number of piperidine rings is 1. The van der Waals surface area contributed by atoms with E-state index >= 15 is 0 Å². The SMILES string of the molecule is CN(CCO[Si](C)(C)C(C)(C)C)CCC(CSc1ccccc1)Nc1ccc(S(=O)(=O)NC(=O)c2ccc(N3CCC(C(O)c4cc(CNC(=O)O)ccc4-c4ccc(Cl)cc4)CC3)cc2)cc1S(=O)(=O)C(F)(F)F. The monoisotopic (exact) mass is 1130 g/mol. The van der Waals surface area contributed by atoms with Crippen LogP contribution in [0.25, 0.3) is 11.1 Å². The molecule has 5 N–H and O–H groups in total. The van der Waals surface area contributed by atoms with Gasteiger partial charge in [0.15, 0.2) is 8.32 Å². The number of nitrogens with zero attached hydrogens (tertiary/aromatic N) is 2. The van der Waals surface area contributed by atoms with Crippen molar-refractivity contribution in [3.63, 3.8) is 0 Å². The summed E-state index contributed by atoms with van der Waals surface area (Å²) in [5, 5.41) is 26.9. The summed E-state index contributed by atoms with van der Waals surface area (Å²) in [6, 6.07) is 29.7. The fourth-order valence-electron chi connectivity index (χ4n) is 8.26. The number of hydrogen-bond acceptors (Lipinski definition) is 12. The van der Waals surface area contributed by atoms with E-state index in [4.69, 9.17) is 21.1 Å². The van der Waals surface area contributed by atoms with Crippen LogP contribution in [-0.2, 0) is 30.8 Å². The van der Waals surface area contributed by atoms with E-state index in [0.29, 0.717) is 85.7 Å². The fourth-order valence-corrected chi connectivity index (χ4v) is 12.4. The Labute approximate surface area is 448 Å². The molecule has 75 heavy (non-hydrogen) atoms. The molecule has 2 unspecified atom stereocenters. The topological polar surface area (TPSA) is 195 Å². The summed E-state index contributed by atoms with van der Waals surface area (Å²) in [4.78, 5) is 27.4. The molecule has 5 aromatic carbocycles. The lowest BCUT2D eigenvalue weighted by Gasteiger charge is -2.36. The summed E-state index contributed by atoms with van der Waals surface area (Å²) in [6.45, 7) is 13.4. The summed E-state index contributed by atoms with van der Waals surface area (Å²) in [7, 11) is -11.2. The molecule has 2 atom stereocenters. The zero-order chi connectivity index (χ0) is 54.9. The van der Waals surface area contributed by atoms with Crippen LogP contribution in [0.15, 0.2) is 130 Å². The van der Waals surface area contributed by atoms with Crippen molar-refractivity contribution in [1.29, 1.82) is 0 Å². The number of anilines is 2. The number of alkyl halides is 3. The lowest BCUT2D eigenvalue weighted by molar-refractivity contribution is -0.0436. The summed E-state index contributed by atoms with van der Waals surface area (Å²) >= 11 is 7.56. The number of aliphatic hydroxyl groups excluding tert-OH is 1. The standard InChI is InChI=1S/C53H65ClF3N5O9S3Si/c1-52(2,3)75(5,6)71-31-30-61(4)27-26-41(35-72-43-10-8-7-9-11-43)59-47-23-21-44(33-48(47)73(67,68)53(55,56)57)74(69,70)60-50(64)39-15-19-42(20-16-39)62-28-24-38(25-29-62)49(63)46-32-36(34-58-51(65)66)12-22-45(46)37-13-17-40(54)18-14-37/h7-23,32-33,38,41,49,58-59,63H,24-31,34-35H2,1-6H3,(H,60,64)(H,65,66). The molecule has 0 saturated carbocycles. The van der Waals surface area contributed by atoms with Gasteiger partial charge in [0.25, 0.3) is 25.8 Å². The summed E-state index contributed by atoms with van der Waals surface area (Å²) in [6.07, 6.45) is -0.560. The number of nitrogens with one attached hydrogen (secondary N) is 3. The minimum atomic E-state index is -6.12. The first-order valence-corrected chi connectivity index (χ1v) is 31.6. The van der Waals surface area contributed by atoms with Crippen molar-refractivity contribution in [3.8, 4) is 11.1 Å². The highest BCUT2D eigenvalue weighted by atomic mass is 35.5. The molecule has 406 valence electrons. The molecule has 22 heteroatoms. The Hall–Kier alpha value is -5.13. The summed E-state index contributed by atoms with van der Waals surface area (Å²) in [5.74, 6) is -0.948. The van der Waals surface area contributed by atoms with Crippen LogP contribution in [0.1, 0.15) is 67.6 Å². The van der Waals surface area contributed by atoms with E-state index < -0.39 is 73.3 Å². The lowest BCUT2D eigenvalue weighted by Crippen LogP contribution is -2.42. The maximum Gasteiger partial charge on any atom is 0.501 e. The summed E-state index contributed by atoms with van der Waals surface area (Å²) < 4.78 is 105. The van der Waals surface area contributed by atoms with Gasteiger partial charge in [-0.3, -0.25) is 4.79 Å². The van der Waals surface area contributed by atoms with Crippen molar-refractivity contribution in [2.75, 3.05) is 55.8 Å². The number of rotatable bonds is 22. The molecule has 1 saturated heterocycles. The molecule has 1 aliphatic heterocycles. The second-order valence-corrected chi connectivity index (χ2v) is 30.0. The maximum absolute atomic E-state index is 14.3. The Balaban J connectivity index is 1.14. The number of carboxylic acid groups (broad SMARTS) is 1. The molecule has 1 aliphatic rings. The van der Waals surface area contributed by atoms with Gasteiger partial charge in [-0.1, -0.05) is 80.9 Å². The quantitative estimate of drug-likeness (QED) is 0.0325. The van der Waals surface area contributed by atoms with Gasteiger partial charge in [-0.05, 0) is 146 Å². The number of sulfone groups is 1. The zero-order valence-corrected chi connectivity index (χ0v) is 46.9. The molecular weight excluding hydrogens is 1070 g/mol. The highest BCUT2D eigenvalue weighted by Gasteiger charge is 2.48. The van der Waals surface area contributed by atoms with Gasteiger partial charge in [0.05, 0.1) is 16.7 Å². The fraction of sp³-hybridized carbons (Fsp3) is 0.396. The van der Waals surface area contributed by atoms with E-state index in [2.05, 4.69) is 44.5 Å². The van der Waals surface area contributed by atoms with Crippen molar-refractivity contribution in [3.05, 3.63) is 137 Å². The first-order chi connectivity index (χ1) is 35.1. The smallest absolute Gasteiger partial charge is 0.465 e. The molecule has 5 aromatic rings. The van der Waals surface area contributed by atoms with Gasteiger partial charge < -0.3 is 35.1 Å². The number of halogens is 4. The van der Waals surface area contributed by atoms with Gasteiger partial charge in [0, 0.05) is 65.7 Å². The molecule has 0 bridgehead atoms. The van der Waals surface area contributed by atoms with Gasteiger partial charge in [-0.2, -0.15) is 13.2 Å². The minimum Gasteiger partial charge on any atom is -0.465 e. The van der Waals surface area contributed by atoms with Crippen molar-refractivity contribution in [2.45, 2.75) is 97.1 Å².